The number of rotatable bonds is 1. The molecule has 0 saturated carbocycles. The summed E-state index contributed by atoms with van der Waals surface area (Å²) in [6.45, 7) is 2.12. The molecule has 0 aromatic heterocycles. The van der Waals surface area contributed by atoms with Gasteiger partial charge in [0.2, 0.25) is 0 Å². The number of aliphatic imine (C=N–C) groups is 1. The Morgan fingerprint density at radius 3 is 2.69 bits per heavy atom. The van der Waals surface area contributed by atoms with Gasteiger partial charge in [0.15, 0.2) is 5.96 Å². The maximum absolute atomic E-state index is 13.7. The summed E-state index contributed by atoms with van der Waals surface area (Å²) in [6, 6.07) is 3.42. The van der Waals surface area contributed by atoms with Crippen LogP contribution in [0.3, 0.4) is 0 Å². The number of hydrogen-bond acceptors (Lipinski definition) is 3. The van der Waals surface area contributed by atoms with Gasteiger partial charge >= 0.3 is 0 Å². The Balaban J connectivity index is 2.49. The maximum atomic E-state index is 13.7. The van der Waals surface area contributed by atoms with Gasteiger partial charge in [-0.3, -0.25) is 4.99 Å². The van der Waals surface area contributed by atoms with Crippen molar-refractivity contribution in [3.8, 4) is 0 Å². The first kappa shape index (κ1) is 10.9. The van der Waals surface area contributed by atoms with E-state index in [9.17, 15) is 8.78 Å². The second-order valence-electron chi connectivity index (χ2n) is 4.13. The van der Waals surface area contributed by atoms with E-state index in [4.69, 9.17) is 5.73 Å². The molecular weight excluding hydrogens is 212 g/mol. The Morgan fingerprint density at radius 2 is 2.12 bits per heavy atom. The van der Waals surface area contributed by atoms with Gasteiger partial charge in [0.05, 0.1) is 12.1 Å². The van der Waals surface area contributed by atoms with E-state index in [1.807, 2.05) is 0 Å². The maximum Gasteiger partial charge on any atom is 0.191 e. The minimum atomic E-state index is -0.712. The number of hydrogen-bond donors (Lipinski definition) is 1. The number of nitrogens with zero attached hydrogens (tertiary/aromatic N) is 2. The molecule has 16 heavy (non-hydrogen) atoms. The lowest BCUT2D eigenvalue weighted by Gasteiger charge is -2.33. The van der Waals surface area contributed by atoms with Crippen LogP contribution < -0.4 is 5.73 Å². The molecule has 1 unspecified atom stereocenters. The Labute approximate surface area is 92.6 Å². The molecule has 1 aliphatic heterocycles. The van der Waals surface area contributed by atoms with Gasteiger partial charge in [-0.1, -0.05) is 0 Å². The molecule has 0 amide bonds. The molecule has 0 bridgehead atoms. The molecule has 1 heterocycles. The van der Waals surface area contributed by atoms with Crippen LogP contribution in [0.15, 0.2) is 23.2 Å². The summed E-state index contributed by atoms with van der Waals surface area (Å²) in [5.74, 6) is -0.566. The monoisotopic (exact) mass is 225 g/mol. The first-order chi connectivity index (χ1) is 7.45. The molecule has 0 radical (unpaired) electrons. The third-order valence-corrected chi connectivity index (χ3v) is 3.14. The molecular formula is C11H13F2N3. The first-order valence-corrected chi connectivity index (χ1v) is 4.94. The minimum Gasteiger partial charge on any atom is -0.370 e. The molecule has 0 saturated heterocycles. The van der Waals surface area contributed by atoms with Crippen LogP contribution >= 0.6 is 0 Å². The van der Waals surface area contributed by atoms with Crippen LogP contribution in [-0.4, -0.2) is 24.5 Å². The molecule has 0 fully saturated rings. The average molecular weight is 225 g/mol. The molecule has 1 aromatic carbocycles. The highest BCUT2D eigenvalue weighted by molar-refractivity contribution is 5.81. The molecule has 2 N–H and O–H groups in total. The summed E-state index contributed by atoms with van der Waals surface area (Å²) < 4.78 is 26.8. The third-order valence-electron chi connectivity index (χ3n) is 3.14. The predicted octanol–water partition coefficient (Wildman–Crippen LogP) is 1.44. The van der Waals surface area contributed by atoms with Crippen LogP contribution in [0.2, 0.25) is 0 Å². The molecule has 3 nitrogen and oxygen atoms in total. The molecule has 0 aliphatic carbocycles. The van der Waals surface area contributed by atoms with E-state index < -0.39 is 17.2 Å². The SMILES string of the molecule is CN1C(N)=NCC1(C)c1cc(F)ccc1F. The highest BCUT2D eigenvalue weighted by atomic mass is 19.1. The molecule has 86 valence electrons. The van der Waals surface area contributed by atoms with Gasteiger partial charge in [0, 0.05) is 12.6 Å². The third kappa shape index (κ3) is 1.43. The zero-order valence-corrected chi connectivity index (χ0v) is 9.17. The summed E-state index contributed by atoms with van der Waals surface area (Å²) in [5.41, 5.74) is 5.20. The van der Waals surface area contributed by atoms with E-state index in [0.29, 0.717) is 12.5 Å². The van der Waals surface area contributed by atoms with E-state index in [-0.39, 0.29) is 5.56 Å². The lowest BCUT2D eigenvalue weighted by Crippen LogP contribution is -2.45. The van der Waals surface area contributed by atoms with E-state index in [0.717, 1.165) is 12.1 Å². The van der Waals surface area contributed by atoms with Crippen LogP contribution in [0.1, 0.15) is 12.5 Å². The van der Waals surface area contributed by atoms with Gasteiger partial charge < -0.3 is 10.6 Å². The van der Waals surface area contributed by atoms with Gasteiger partial charge in [-0.05, 0) is 25.1 Å². The summed E-state index contributed by atoms with van der Waals surface area (Å²) in [6.07, 6.45) is 0. The van der Waals surface area contributed by atoms with E-state index in [1.54, 1.807) is 18.9 Å². The summed E-state index contributed by atoms with van der Waals surface area (Å²) >= 11 is 0. The first-order valence-electron chi connectivity index (χ1n) is 4.94. The van der Waals surface area contributed by atoms with Crippen molar-refractivity contribution < 1.29 is 8.78 Å². The lowest BCUT2D eigenvalue weighted by molar-refractivity contribution is 0.257. The van der Waals surface area contributed by atoms with Crippen molar-refractivity contribution in [2.75, 3.05) is 13.6 Å². The largest absolute Gasteiger partial charge is 0.370 e. The predicted molar refractivity (Wildman–Crippen MR) is 58.0 cm³/mol. The highest BCUT2D eigenvalue weighted by Crippen LogP contribution is 2.33. The quantitative estimate of drug-likeness (QED) is 0.785. The van der Waals surface area contributed by atoms with Gasteiger partial charge in [-0.25, -0.2) is 8.78 Å². The van der Waals surface area contributed by atoms with E-state index >= 15 is 0 Å². The fourth-order valence-corrected chi connectivity index (χ4v) is 1.88. The van der Waals surface area contributed by atoms with Crippen LogP contribution in [-0.2, 0) is 5.54 Å². The van der Waals surface area contributed by atoms with E-state index in [1.165, 1.54) is 6.07 Å². The van der Waals surface area contributed by atoms with Crippen molar-refractivity contribution >= 4 is 5.96 Å². The summed E-state index contributed by atoms with van der Waals surface area (Å²) in [5, 5.41) is 0. The standard InChI is InChI=1S/C11H13F2N3/c1-11(6-15-10(14)16(11)2)8-5-7(12)3-4-9(8)13/h3-5H,6H2,1-2H3,(H2,14,15). The second kappa shape index (κ2) is 3.43. The second-order valence-corrected chi connectivity index (χ2v) is 4.13. The molecule has 1 aliphatic rings. The smallest absolute Gasteiger partial charge is 0.191 e. The van der Waals surface area contributed by atoms with Crippen molar-refractivity contribution in [1.29, 1.82) is 0 Å². The number of nitrogens with two attached hydrogens (primary N) is 1. The zero-order chi connectivity index (χ0) is 11.9. The fourth-order valence-electron chi connectivity index (χ4n) is 1.88. The van der Waals surface area contributed by atoms with Crippen molar-refractivity contribution in [1.82, 2.24) is 4.90 Å². The topological polar surface area (TPSA) is 41.6 Å². The normalized spacial score (nSPS) is 24.8. The Bertz CT molecular complexity index is 459. The average Bonchev–Trinajstić information content (AvgIpc) is 2.51. The summed E-state index contributed by atoms with van der Waals surface area (Å²) in [4.78, 5) is 5.71. The molecule has 0 spiro atoms. The minimum absolute atomic E-state index is 0.277. The molecule has 1 aromatic rings. The summed E-state index contributed by atoms with van der Waals surface area (Å²) in [7, 11) is 1.72. The zero-order valence-electron chi connectivity index (χ0n) is 9.17. The Kier molecular flexibility index (Phi) is 2.33. The van der Waals surface area contributed by atoms with Gasteiger partial charge in [0.25, 0.3) is 0 Å². The Morgan fingerprint density at radius 1 is 1.44 bits per heavy atom. The number of guanidine groups is 1. The van der Waals surface area contributed by atoms with Crippen molar-refractivity contribution in [3.05, 3.63) is 35.4 Å². The lowest BCUT2D eigenvalue weighted by atomic mass is 9.91. The number of halogens is 2. The van der Waals surface area contributed by atoms with E-state index in [2.05, 4.69) is 4.99 Å². The number of benzene rings is 1. The molecule has 2 rings (SSSR count). The molecule has 5 heteroatoms. The van der Waals surface area contributed by atoms with Crippen LogP contribution in [0.25, 0.3) is 0 Å². The van der Waals surface area contributed by atoms with Crippen LogP contribution in [0.5, 0.6) is 0 Å². The van der Waals surface area contributed by atoms with Crippen molar-refractivity contribution in [2.45, 2.75) is 12.5 Å². The van der Waals surface area contributed by atoms with Crippen LogP contribution in [0.4, 0.5) is 8.78 Å². The molecule has 1 atom stereocenters. The number of likely N-dealkylation sites (N-methyl/N-ethyl adjacent to an activating group) is 1. The Hall–Kier alpha value is -1.65. The van der Waals surface area contributed by atoms with Gasteiger partial charge in [-0.2, -0.15) is 0 Å². The van der Waals surface area contributed by atoms with Crippen LogP contribution in [0, 0.1) is 11.6 Å². The highest BCUT2D eigenvalue weighted by Gasteiger charge is 2.39. The van der Waals surface area contributed by atoms with Gasteiger partial charge in [0.1, 0.15) is 11.6 Å². The van der Waals surface area contributed by atoms with Crippen molar-refractivity contribution in [2.24, 2.45) is 10.7 Å². The van der Waals surface area contributed by atoms with Gasteiger partial charge in [-0.15, -0.1) is 0 Å². The fraction of sp³-hybridized carbons (Fsp3) is 0.364. The van der Waals surface area contributed by atoms with Crippen molar-refractivity contribution in [3.63, 3.8) is 0 Å².